The van der Waals surface area contributed by atoms with E-state index in [0.717, 1.165) is 17.8 Å². The molecule has 5 heteroatoms. The molecule has 1 atom stereocenters. The zero-order valence-electron chi connectivity index (χ0n) is 13.0. The van der Waals surface area contributed by atoms with Gasteiger partial charge in [0.25, 0.3) is 0 Å². The minimum absolute atomic E-state index is 0.00392. The molecule has 118 valence electrons. The summed E-state index contributed by atoms with van der Waals surface area (Å²) in [5.41, 5.74) is 1.01. The molecule has 2 heterocycles. The fourth-order valence-electron chi connectivity index (χ4n) is 2.54. The van der Waals surface area contributed by atoms with E-state index in [1.54, 1.807) is 17.5 Å². The van der Waals surface area contributed by atoms with Gasteiger partial charge in [-0.05, 0) is 18.4 Å². The van der Waals surface area contributed by atoms with Crippen LogP contribution in [-0.2, 0) is 17.8 Å². The third-order valence-corrected chi connectivity index (χ3v) is 4.45. The first kappa shape index (κ1) is 15.5. The SMILES string of the molecule is CC(Cc1cccs1)NC(=O)Cn1ccnc1-c1ccccc1. The summed E-state index contributed by atoms with van der Waals surface area (Å²) in [5.74, 6) is 0.816. The molecule has 3 rings (SSSR count). The third kappa shape index (κ3) is 4.07. The molecule has 1 amide bonds. The molecule has 0 spiro atoms. The van der Waals surface area contributed by atoms with Crippen LogP contribution < -0.4 is 5.32 Å². The summed E-state index contributed by atoms with van der Waals surface area (Å²) < 4.78 is 1.88. The first-order valence-corrected chi connectivity index (χ1v) is 8.48. The van der Waals surface area contributed by atoms with Gasteiger partial charge in [-0.3, -0.25) is 4.79 Å². The molecule has 0 bridgehead atoms. The summed E-state index contributed by atoms with van der Waals surface area (Å²) in [6.45, 7) is 2.31. The maximum atomic E-state index is 12.3. The summed E-state index contributed by atoms with van der Waals surface area (Å²) in [7, 11) is 0. The molecule has 1 N–H and O–H groups in total. The topological polar surface area (TPSA) is 46.9 Å². The van der Waals surface area contributed by atoms with Crippen LogP contribution in [0, 0.1) is 0 Å². The normalized spacial score (nSPS) is 12.0. The average Bonchev–Trinajstić information content (AvgIpc) is 3.19. The Kier molecular flexibility index (Phi) is 4.88. The second kappa shape index (κ2) is 7.24. The number of rotatable bonds is 6. The van der Waals surface area contributed by atoms with E-state index in [2.05, 4.69) is 21.7 Å². The van der Waals surface area contributed by atoms with Gasteiger partial charge in [-0.2, -0.15) is 0 Å². The maximum absolute atomic E-state index is 12.3. The van der Waals surface area contributed by atoms with Crippen molar-refractivity contribution in [2.75, 3.05) is 0 Å². The molecule has 0 aliphatic rings. The fraction of sp³-hybridized carbons (Fsp3) is 0.222. The molecule has 0 saturated carbocycles. The van der Waals surface area contributed by atoms with Crippen molar-refractivity contribution in [1.29, 1.82) is 0 Å². The van der Waals surface area contributed by atoms with Crippen molar-refractivity contribution in [1.82, 2.24) is 14.9 Å². The van der Waals surface area contributed by atoms with Gasteiger partial charge < -0.3 is 9.88 Å². The van der Waals surface area contributed by atoms with E-state index in [4.69, 9.17) is 0 Å². The molecule has 23 heavy (non-hydrogen) atoms. The van der Waals surface area contributed by atoms with Crippen molar-refractivity contribution in [2.24, 2.45) is 0 Å². The van der Waals surface area contributed by atoms with Crippen molar-refractivity contribution in [2.45, 2.75) is 25.9 Å². The van der Waals surface area contributed by atoms with Crippen molar-refractivity contribution in [3.63, 3.8) is 0 Å². The first-order valence-electron chi connectivity index (χ1n) is 7.60. The molecule has 4 nitrogen and oxygen atoms in total. The second-order valence-corrected chi connectivity index (χ2v) is 6.53. The lowest BCUT2D eigenvalue weighted by Crippen LogP contribution is -2.36. The maximum Gasteiger partial charge on any atom is 0.240 e. The molecular weight excluding hydrogens is 306 g/mol. The van der Waals surface area contributed by atoms with Gasteiger partial charge in [0, 0.05) is 35.3 Å². The van der Waals surface area contributed by atoms with Crippen LogP contribution in [0.25, 0.3) is 11.4 Å². The minimum atomic E-state index is 0.00392. The lowest BCUT2D eigenvalue weighted by Gasteiger charge is -2.14. The van der Waals surface area contributed by atoms with Gasteiger partial charge in [-0.1, -0.05) is 36.4 Å². The largest absolute Gasteiger partial charge is 0.352 e. The molecule has 1 unspecified atom stereocenters. The van der Waals surface area contributed by atoms with Crippen molar-refractivity contribution < 1.29 is 4.79 Å². The number of aromatic nitrogens is 2. The van der Waals surface area contributed by atoms with Crippen LogP contribution in [0.5, 0.6) is 0 Å². The number of amides is 1. The summed E-state index contributed by atoms with van der Waals surface area (Å²) in [4.78, 5) is 17.9. The number of nitrogens with zero attached hydrogens (tertiary/aromatic N) is 2. The van der Waals surface area contributed by atoms with E-state index >= 15 is 0 Å². The molecule has 0 saturated heterocycles. The molecule has 0 radical (unpaired) electrons. The van der Waals surface area contributed by atoms with Gasteiger partial charge >= 0.3 is 0 Å². The zero-order chi connectivity index (χ0) is 16.1. The Morgan fingerprint density at radius 1 is 1.26 bits per heavy atom. The average molecular weight is 325 g/mol. The molecule has 1 aromatic carbocycles. The highest BCUT2D eigenvalue weighted by Crippen LogP contribution is 2.16. The van der Waals surface area contributed by atoms with Gasteiger partial charge in [0.2, 0.25) is 5.91 Å². The second-order valence-electron chi connectivity index (χ2n) is 5.50. The standard InChI is InChI=1S/C18H19N3OS/c1-14(12-16-8-5-11-23-16)20-17(22)13-21-10-9-19-18(21)15-6-3-2-4-7-15/h2-11,14H,12-13H2,1H3,(H,20,22). The fourth-order valence-corrected chi connectivity index (χ4v) is 3.38. The van der Waals surface area contributed by atoms with Crippen LogP contribution in [-0.4, -0.2) is 21.5 Å². The van der Waals surface area contributed by atoms with Crippen molar-refractivity contribution in [3.8, 4) is 11.4 Å². The Balaban J connectivity index is 1.61. The van der Waals surface area contributed by atoms with Gasteiger partial charge in [0.05, 0.1) is 0 Å². The predicted molar refractivity (Wildman–Crippen MR) is 93.3 cm³/mol. The van der Waals surface area contributed by atoms with Crippen LogP contribution in [0.4, 0.5) is 0 Å². The number of thiophene rings is 1. The molecule has 0 fully saturated rings. The monoisotopic (exact) mass is 325 g/mol. The van der Waals surface area contributed by atoms with Crippen LogP contribution in [0.15, 0.2) is 60.2 Å². The summed E-state index contributed by atoms with van der Waals surface area (Å²) >= 11 is 1.72. The molecule has 2 aromatic heterocycles. The molecule has 3 aromatic rings. The molecule has 0 aliphatic heterocycles. The summed E-state index contributed by atoms with van der Waals surface area (Å²) in [5, 5.41) is 5.11. The van der Waals surface area contributed by atoms with Gasteiger partial charge in [-0.15, -0.1) is 11.3 Å². The van der Waals surface area contributed by atoms with E-state index in [0.29, 0.717) is 0 Å². The number of imidazole rings is 1. The van der Waals surface area contributed by atoms with Crippen molar-refractivity contribution in [3.05, 3.63) is 65.1 Å². The van der Waals surface area contributed by atoms with E-state index in [9.17, 15) is 4.79 Å². The minimum Gasteiger partial charge on any atom is -0.352 e. The lowest BCUT2D eigenvalue weighted by molar-refractivity contribution is -0.122. The quantitative estimate of drug-likeness (QED) is 0.755. The number of carbonyl (C=O) groups is 1. The number of carbonyl (C=O) groups excluding carboxylic acids is 1. The van der Waals surface area contributed by atoms with E-state index in [1.807, 2.05) is 54.1 Å². The number of hydrogen-bond acceptors (Lipinski definition) is 3. The van der Waals surface area contributed by atoms with Crippen molar-refractivity contribution >= 4 is 17.2 Å². The van der Waals surface area contributed by atoms with Gasteiger partial charge in [0.1, 0.15) is 12.4 Å². The summed E-state index contributed by atoms with van der Waals surface area (Å²) in [6, 6.07) is 14.1. The smallest absolute Gasteiger partial charge is 0.240 e. The van der Waals surface area contributed by atoms with Crippen LogP contribution in [0.3, 0.4) is 0 Å². The van der Waals surface area contributed by atoms with E-state index in [-0.39, 0.29) is 18.5 Å². The predicted octanol–water partition coefficient (Wildman–Crippen LogP) is 3.36. The van der Waals surface area contributed by atoms with E-state index in [1.165, 1.54) is 4.88 Å². The highest BCUT2D eigenvalue weighted by molar-refractivity contribution is 7.09. The Morgan fingerprint density at radius 3 is 2.83 bits per heavy atom. The van der Waals surface area contributed by atoms with Crippen LogP contribution in [0.2, 0.25) is 0 Å². The molecule has 0 aliphatic carbocycles. The van der Waals surface area contributed by atoms with Gasteiger partial charge in [0.15, 0.2) is 0 Å². The number of benzene rings is 1. The number of nitrogens with one attached hydrogen (secondary N) is 1. The number of hydrogen-bond donors (Lipinski definition) is 1. The highest BCUT2D eigenvalue weighted by atomic mass is 32.1. The zero-order valence-corrected chi connectivity index (χ0v) is 13.8. The Hall–Kier alpha value is -2.40. The van der Waals surface area contributed by atoms with Crippen LogP contribution >= 0.6 is 11.3 Å². The Bertz CT molecular complexity index is 750. The lowest BCUT2D eigenvalue weighted by atomic mass is 10.2. The highest BCUT2D eigenvalue weighted by Gasteiger charge is 2.12. The third-order valence-electron chi connectivity index (χ3n) is 3.56. The Labute approximate surface area is 139 Å². The Morgan fingerprint density at radius 2 is 2.09 bits per heavy atom. The van der Waals surface area contributed by atoms with Crippen LogP contribution in [0.1, 0.15) is 11.8 Å². The first-order chi connectivity index (χ1) is 11.2. The van der Waals surface area contributed by atoms with Gasteiger partial charge in [-0.25, -0.2) is 4.98 Å². The molecular formula is C18H19N3OS. The van der Waals surface area contributed by atoms with E-state index < -0.39 is 0 Å². The summed E-state index contributed by atoms with van der Waals surface area (Å²) in [6.07, 6.45) is 4.43.